The zero-order chi connectivity index (χ0) is 54.8. The molecule has 6 heterocycles. The highest BCUT2D eigenvalue weighted by molar-refractivity contribution is 6.31. The first kappa shape index (κ1) is 56.2. The van der Waals surface area contributed by atoms with E-state index in [0.29, 0.717) is 74.2 Å². The van der Waals surface area contributed by atoms with Gasteiger partial charge in [0.25, 0.3) is 23.6 Å². The number of likely N-dealkylation sites (tertiary alicyclic amines) is 1. The average Bonchev–Trinajstić information content (AvgIpc) is 3.91. The smallest absolute Gasteiger partial charge is 0.444 e. The van der Waals surface area contributed by atoms with Crippen molar-refractivity contribution in [1.82, 2.24) is 39.5 Å². The largest absolute Gasteiger partial charge is 0.446 e. The molecule has 4 aromatic heterocycles. The number of aldehydes is 1. The SMILES string of the molecule is CC(C)(C)OC(=O)N1CCCC[C@H]1c1nc(-c2ccc(C(=O)Nc3cc(Cl)ccn3)cc2)c(C(N)=O)n1N.NC(=O)c1c(-c2ccc(C(=O)Nc3cc(Cl)ccn3)cc2)nc([C@@H]2CCCCN2)n1N.O=CC(F)(F)F. The van der Waals surface area contributed by atoms with Crippen molar-refractivity contribution >= 4 is 70.8 Å². The molecule has 2 saturated heterocycles. The number of nitrogen functional groups attached to an aromatic ring is 2. The molecule has 2 fully saturated rings. The van der Waals surface area contributed by atoms with Gasteiger partial charge in [-0.2, -0.15) is 13.2 Å². The van der Waals surface area contributed by atoms with E-state index in [9.17, 15) is 37.1 Å². The van der Waals surface area contributed by atoms with Gasteiger partial charge in [0.15, 0.2) is 17.2 Å². The maximum atomic E-state index is 12.9. The van der Waals surface area contributed by atoms with Gasteiger partial charge in [0.05, 0.1) is 12.1 Å². The number of nitrogens with two attached hydrogens (primary N) is 4. The van der Waals surface area contributed by atoms with Gasteiger partial charge in [-0.15, -0.1) is 0 Å². The van der Waals surface area contributed by atoms with Gasteiger partial charge in [-0.05, 0) is 108 Å². The van der Waals surface area contributed by atoms with Crippen molar-refractivity contribution in [2.24, 2.45) is 11.5 Å². The summed E-state index contributed by atoms with van der Waals surface area (Å²) in [5, 5.41) is 9.66. The number of pyridine rings is 2. The zero-order valence-electron chi connectivity index (χ0n) is 40.7. The quantitative estimate of drug-likeness (QED) is 0.0521. The number of carbonyl (C=O) groups excluding carboxylic acids is 6. The van der Waals surface area contributed by atoms with Crippen LogP contribution in [0.15, 0.2) is 85.2 Å². The lowest BCUT2D eigenvalue weighted by atomic mass is 10.0. The number of amides is 5. The van der Waals surface area contributed by atoms with Gasteiger partial charge in [0.1, 0.15) is 34.4 Å². The Bertz CT molecular complexity index is 3050. The summed E-state index contributed by atoms with van der Waals surface area (Å²) in [5.41, 5.74) is 13.3. The van der Waals surface area contributed by atoms with Crippen LogP contribution in [0.1, 0.15) is 125 Å². The van der Waals surface area contributed by atoms with E-state index < -0.39 is 42.0 Å². The maximum absolute atomic E-state index is 12.9. The topological polar surface area (TPSA) is 316 Å². The van der Waals surface area contributed by atoms with Crippen LogP contribution in [0.4, 0.5) is 29.6 Å². The van der Waals surface area contributed by atoms with E-state index in [1.165, 1.54) is 23.1 Å². The summed E-state index contributed by atoms with van der Waals surface area (Å²) in [4.78, 5) is 90.3. The number of piperidine rings is 2. The monoisotopic (exact) mass is 1080 g/mol. The summed E-state index contributed by atoms with van der Waals surface area (Å²) in [7, 11) is 0. The predicted octanol–water partition coefficient (Wildman–Crippen LogP) is 7.35. The third-order valence-corrected chi connectivity index (χ3v) is 11.8. The summed E-state index contributed by atoms with van der Waals surface area (Å²) >= 11 is 11.9. The van der Waals surface area contributed by atoms with Crippen molar-refractivity contribution in [1.29, 1.82) is 0 Å². The third kappa shape index (κ3) is 14.8. The summed E-state index contributed by atoms with van der Waals surface area (Å²) in [5.74, 6) is 11.9. The van der Waals surface area contributed by atoms with Gasteiger partial charge in [-0.25, -0.2) is 34.1 Å². The van der Waals surface area contributed by atoms with E-state index in [1.54, 1.807) is 92.4 Å². The Morgan fingerprint density at radius 2 is 1.16 bits per heavy atom. The maximum Gasteiger partial charge on any atom is 0.446 e. The number of hydrogen-bond acceptors (Lipinski definition) is 14. The first-order chi connectivity index (χ1) is 35.4. The minimum Gasteiger partial charge on any atom is -0.444 e. The second-order valence-electron chi connectivity index (χ2n) is 17.9. The van der Waals surface area contributed by atoms with Crippen LogP contribution in [-0.4, -0.2) is 95.1 Å². The molecule has 75 heavy (non-hydrogen) atoms. The van der Waals surface area contributed by atoms with Crippen molar-refractivity contribution < 1.29 is 46.7 Å². The molecule has 2 aliphatic rings. The second-order valence-corrected chi connectivity index (χ2v) is 18.8. The highest BCUT2D eigenvalue weighted by atomic mass is 35.5. The van der Waals surface area contributed by atoms with Crippen molar-refractivity contribution in [2.75, 3.05) is 35.4 Å². The predicted molar refractivity (Wildman–Crippen MR) is 273 cm³/mol. The first-order valence-corrected chi connectivity index (χ1v) is 23.9. The number of halogens is 5. The molecule has 0 bridgehead atoms. The molecule has 21 nitrogen and oxygen atoms in total. The third-order valence-electron chi connectivity index (χ3n) is 11.3. The molecule has 396 valence electrons. The number of hydrogen-bond donors (Lipinski definition) is 7. The molecule has 2 aromatic carbocycles. The highest BCUT2D eigenvalue weighted by Crippen LogP contribution is 2.35. The molecule has 8 rings (SSSR count). The molecule has 0 saturated carbocycles. The Kier molecular flexibility index (Phi) is 18.2. The molecule has 26 heteroatoms. The lowest BCUT2D eigenvalue weighted by Crippen LogP contribution is -2.43. The van der Waals surface area contributed by atoms with E-state index in [0.717, 1.165) is 43.3 Å². The van der Waals surface area contributed by atoms with Crippen LogP contribution >= 0.6 is 23.2 Å². The number of nitrogens with one attached hydrogen (secondary N) is 3. The minimum atomic E-state index is -4.64. The summed E-state index contributed by atoms with van der Waals surface area (Å²) in [6.07, 6.45) is 2.10. The fraction of sp³-hybridized carbons (Fsp3) is 0.306. The van der Waals surface area contributed by atoms with Crippen LogP contribution in [0.5, 0.6) is 0 Å². The molecule has 0 unspecified atom stereocenters. The van der Waals surface area contributed by atoms with Gasteiger partial charge in [0.2, 0.25) is 6.29 Å². The van der Waals surface area contributed by atoms with Gasteiger partial charge < -0.3 is 43.8 Å². The van der Waals surface area contributed by atoms with Crippen LogP contribution < -0.4 is 39.1 Å². The average molecular weight is 1080 g/mol. The molecule has 11 N–H and O–H groups in total. The van der Waals surface area contributed by atoms with Crippen molar-refractivity contribution in [3.05, 3.63) is 129 Å². The zero-order valence-corrected chi connectivity index (χ0v) is 42.2. The normalized spacial score (nSPS) is 15.5. The fourth-order valence-electron chi connectivity index (χ4n) is 7.95. The number of anilines is 2. The van der Waals surface area contributed by atoms with Crippen molar-refractivity contribution in [3.63, 3.8) is 0 Å². The Morgan fingerprint density at radius 1 is 0.707 bits per heavy atom. The lowest BCUT2D eigenvalue weighted by Gasteiger charge is -2.36. The van der Waals surface area contributed by atoms with E-state index in [2.05, 4.69) is 35.9 Å². The number of primary amides is 2. The van der Waals surface area contributed by atoms with Crippen LogP contribution in [0, 0.1) is 0 Å². The molecular weight excluding hydrogens is 1020 g/mol. The number of imidazole rings is 2. The van der Waals surface area contributed by atoms with E-state index in [-0.39, 0.29) is 34.9 Å². The Morgan fingerprint density at radius 3 is 1.57 bits per heavy atom. The van der Waals surface area contributed by atoms with Crippen LogP contribution in [0.25, 0.3) is 22.5 Å². The summed E-state index contributed by atoms with van der Waals surface area (Å²) in [6, 6.07) is 18.9. The molecular formula is C49H53Cl2F3N14O7. The molecule has 6 aromatic rings. The summed E-state index contributed by atoms with van der Waals surface area (Å²) < 4.78 is 39.3. The molecule has 0 spiro atoms. The number of alkyl halides is 3. The number of ether oxygens (including phenoxy) is 1. The lowest BCUT2D eigenvalue weighted by molar-refractivity contribution is -0.156. The molecule has 0 radical (unpaired) electrons. The number of nitrogens with zero attached hydrogens (tertiary/aromatic N) is 7. The molecule has 0 aliphatic carbocycles. The Labute approximate surface area is 437 Å². The van der Waals surface area contributed by atoms with E-state index >= 15 is 0 Å². The van der Waals surface area contributed by atoms with Crippen LogP contribution in [0.2, 0.25) is 10.0 Å². The number of aromatic nitrogens is 6. The van der Waals surface area contributed by atoms with Crippen molar-refractivity contribution in [3.8, 4) is 22.5 Å². The van der Waals surface area contributed by atoms with E-state index in [1.807, 2.05) is 0 Å². The Hall–Kier alpha value is -8.09. The Balaban J connectivity index is 0.000000223. The minimum absolute atomic E-state index is 0.00459. The first-order valence-electron chi connectivity index (χ1n) is 23.1. The van der Waals surface area contributed by atoms with Crippen LogP contribution in [0.3, 0.4) is 0 Å². The highest BCUT2D eigenvalue weighted by Gasteiger charge is 2.36. The van der Waals surface area contributed by atoms with Gasteiger partial charge in [-0.3, -0.25) is 28.9 Å². The number of carbonyl (C=O) groups is 6. The van der Waals surface area contributed by atoms with E-state index in [4.69, 9.17) is 55.9 Å². The van der Waals surface area contributed by atoms with Gasteiger partial charge >= 0.3 is 12.3 Å². The second kappa shape index (κ2) is 24.3. The van der Waals surface area contributed by atoms with Gasteiger partial charge in [0, 0.05) is 51.2 Å². The number of rotatable bonds is 10. The van der Waals surface area contributed by atoms with Crippen LogP contribution in [-0.2, 0) is 9.53 Å². The number of benzene rings is 2. The summed E-state index contributed by atoms with van der Waals surface area (Å²) in [6.45, 7) is 6.73. The molecule has 5 amide bonds. The molecule has 2 atom stereocenters. The van der Waals surface area contributed by atoms with Gasteiger partial charge in [-0.1, -0.05) is 53.9 Å². The van der Waals surface area contributed by atoms with Crippen molar-refractivity contribution in [2.45, 2.75) is 83.2 Å². The fourth-order valence-corrected chi connectivity index (χ4v) is 8.27. The molecule has 2 aliphatic heterocycles. The standard InChI is InChI=1S/C26H30ClN7O4.C21H22ClN7O2.C2HF3O/c1-26(2,3)38-25(37)33-13-5-4-6-18(33)23-32-20(21(22(28)35)34(23)29)15-7-9-16(10-8-15)24(36)31-19-14-17(27)11-12-30-19;22-14-8-10-26-16(11-14)27-21(31)13-6-4-12(5-7-13)17-18(19(23)30)29(24)20(28-17)15-3-1-2-9-25-15;3-2(4,5)1-6/h7-12,14,18H,4-6,13,29H2,1-3H3,(H2,28,35)(H,30,31,36);4-8,10-11,15,25H,1-3,9,24H2,(H2,23,30)(H,26,27,31);1H/t18-;15-;/m00./s1.